The van der Waals surface area contributed by atoms with Crippen LogP contribution in [0.25, 0.3) is 11.1 Å². The summed E-state index contributed by atoms with van der Waals surface area (Å²) in [7, 11) is 0. The Balaban J connectivity index is 1.30. The molecule has 1 saturated heterocycles. The number of carbonyl (C=O) groups excluding carboxylic acids is 1. The third-order valence-corrected chi connectivity index (χ3v) is 8.26. The van der Waals surface area contributed by atoms with E-state index in [9.17, 15) is 9.18 Å². The van der Waals surface area contributed by atoms with Crippen LogP contribution in [0.1, 0.15) is 66.1 Å². The maximum Gasteiger partial charge on any atom is 0.254 e. The predicted octanol–water partition coefficient (Wildman–Crippen LogP) is 8.53. The minimum Gasteiger partial charge on any atom is -0.331 e. The first-order valence-corrected chi connectivity index (χ1v) is 15.1. The Kier molecular flexibility index (Phi) is 9.98. The van der Waals surface area contributed by atoms with Gasteiger partial charge in [0.05, 0.1) is 0 Å². The SMILES string of the molecule is CCCCCc1ccc(C(=O)N(Cc2ccc(-c3ccc(F)cc3)cc2)C2CCN(Cc3ccccc3)CC2)cc1. The zero-order valence-electron chi connectivity index (χ0n) is 24.1. The average molecular weight is 549 g/mol. The number of aryl methyl sites for hydroxylation is 1. The fraction of sp³-hybridized carbons (Fsp3) is 0.324. The van der Waals surface area contributed by atoms with E-state index in [-0.39, 0.29) is 17.8 Å². The van der Waals surface area contributed by atoms with E-state index in [0.717, 1.165) is 61.2 Å². The highest BCUT2D eigenvalue weighted by atomic mass is 19.1. The molecule has 212 valence electrons. The largest absolute Gasteiger partial charge is 0.331 e. The molecular weight excluding hydrogens is 507 g/mol. The van der Waals surface area contributed by atoms with Crippen LogP contribution in [0.2, 0.25) is 0 Å². The standard InChI is InChI=1S/C37H41FN2O/c1-2-3-5-8-29-11-17-34(18-12-29)37(41)40(36-23-25-39(26-24-36)27-30-9-6-4-7-10-30)28-31-13-15-32(16-14-31)33-19-21-35(38)22-20-33/h4,6-7,9-22,36H,2-3,5,8,23-28H2,1H3. The van der Waals surface area contributed by atoms with Crippen molar-refractivity contribution in [3.8, 4) is 11.1 Å². The molecule has 0 N–H and O–H groups in total. The highest BCUT2D eigenvalue weighted by molar-refractivity contribution is 5.94. The number of hydrogen-bond donors (Lipinski definition) is 0. The van der Waals surface area contributed by atoms with Crippen LogP contribution in [0.4, 0.5) is 4.39 Å². The minimum absolute atomic E-state index is 0.106. The van der Waals surface area contributed by atoms with E-state index in [2.05, 4.69) is 83.5 Å². The lowest BCUT2D eigenvalue weighted by Crippen LogP contribution is -2.46. The first kappa shape index (κ1) is 28.8. The summed E-state index contributed by atoms with van der Waals surface area (Å²) in [5.74, 6) is -0.127. The fourth-order valence-electron chi connectivity index (χ4n) is 5.80. The lowest BCUT2D eigenvalue weighted by Gasteiger charge is -2.39. The predicted molar refractivity (Wildman–Crippen MR) is 166 cm³/mol. The van der Waals surface area contributed by atoms with Gasteiger partial charge in [0.2, 0.25) is 0 Å². The molecule has 0 unspecified atom stereocenters. The normalized spacial score (nSPS) is 14.2. The number of rotatable bonds is 11. The van der Waals surface area contributed by atoms with Gasteiger partial charge < -0.3 is 4.90 Å². The molecule has 1 aliphatic heterocycles. The van der Waals surface area contributed by atoms with Gasteiger partial charge in [0, 0.05) is 37.8 Å². The summed E-state index contributed by atoms with van der Waals surface area (Å²) < 4.78 is 13.4. The Morgan fingerprint density at radius 3 is 2.00 bits per heavy atom. The first-order chi connectivity index (χ1) is 20.1. The lowest BCUT2D eigenvalue weighted by molar-refractivity contribution is 0.0543. The number of likely N-dealkylation sites (tertiary alicyclic amines) is 1. The van der Waals surface area contributed by atoms with E-state index < -0.39 is 0 Å². The number of unbranched alkanes of at least 4 members (excludes halogenated alkanes) is 2. The summed E-state index contributed by atoms with van der Waals surface area (Å²) in [4.78, 5) is 18.6. The van der Waals surface area contributed by atoms with Crippen LogP contribution in [-0.4, -0.2) is 34.8 Å². The van der Waals surface area contributed by atoms with Gasteiger partial charge in [0.1, 0.15) is 5.82 Å². The number of carbonyl (C=O) groups is 1. The van der Waals surface area contributed by atoms with Crippen LogP contribution in [-0.2, 0) is 19.5 Å². The molecule has 0 aliphatic carbocycles. The van der Waals surface area contributed by atoms with Crippen LogP contribution in [0.5, 0.6) is 0 Å². The third kappa shape index (κ3) is 7.92. The van der Waals surface area contributed by atoms with E-state index in [1.54, 1.807) is 12.1 Å². The molecule has 4 aromatic rings. The monoisotopic (exact) mass is 548 g/mol. The molecule has 1 fully saturated rings. The molecule has 4 aromatic carbocycles. The quantitative estimate of drug-likeness (QED) is 0.175. The van der Waals surface area contributed by atoms with Crippen molar-refractivity contribution in [2.24, 2.45) is 0 Å². The van der Waals surface area contributed by atoms with Gasteiger partial charge in [-0.15, -0.1) is 0 Å². The molecule has 41 heavy (non-hydrogen) atoms. The molecule has 0 radical (unpaired) electrons. The molecule has 0 spiro atoms. The summed E-state index contributed by atoms with van der Waals surface area (Å²) in [6, 6.07) is 34.0. The van der Waals surface area contributed by atoms with Crippen molar-refractivity contribution in [2.75, 3.05) is 13.1 Å². The van der Waals surface area contributed by atoms with Crippen molar-refractivity contribution in [2.45, 2.75) is 64.6 Å². The zero-order chi connectivity index (χ0) is 28.4. The van der Waals surface area contributed by atoms with Gasteiger partial charge in [-0.1, -0.05) is 98.6 Å². The minimum atomic E-state index is -0.233. The second-order valence-electron chi connectivity index (χ2n) is 11.3. The smallest absolute Gasteiger partial charge is 0.254 e. The molecule has 1 heterocycles. The molecule has 1 aliphatic rings. The summed E-state index contributed by atoms with van der Waals surface area (Å²) in [5.41, 5.74) is 6.52. The Bertz CT molecular complexity index is 1360. The van der Waals surface area contributed by atoms with Gasteiger partial charge in [0.25, 0.3) is 5.91 Å². The number of benzene rings is 4. The van der Waals surface area contributed by atoms with Crippen molar-refractivity contribution >= 4 is 5.91 Å². The van der Waals surface area contributed by atoms with Crippen LogP contribution in [0, 0.1) is 5.82 Å². The molecule has 0 bridgehead atoms. The molecule has 4 heteroatoms. The fourth-order valence-corrected chi connectivity index (χ4v) is 5.80. The van der Waals surface area contributed by atoms with E-state index in [4.69, 9.17) is 0 Å². The topological polar surface area (TPSA) is 23.6 Å². The number of hydrogen-bond acceptors (Lipinski definition) is 2. The maximum atomic E-state index is 14.0. The second-order valence-corrected chi connectivity index (χ2v) is 11.3. The highest BCUT2D eigenvalue weighted by Crippen LogP contribution is 2.25. The molecular formula is C37H41FN2O. The van der Waals surface area contributed by atoms with Crippen LogP contribution in [0.15, 0.2) is 103 Å². The number of nitrogens with zero attached hydrogens (tertiary/aromatic N) is 2. The third-order valence-electron chi connectivity index (χ3n) is 8.26. The molecule has 0 saturated carbocycles. The van der Waals surface area contributed by atoms with Crippen LogP contribution in [0.3, 0.4) is 0 Å². The van der Waals surface area contributed by atoms with Crippen molar-refractivity contribution < 1.29 is 9.18 Å². The Labute approximate surface area is 244 Å². The molecule has 0 aromatic heterocycles. The molecule has 1 amide bonds. The van der Waals surface area contributed by atoms with Gasteiger partial charge in [-0.05, 0) is 77.8 Å². The van der Waals surface area contributed by atoms with Gasteiger partial charge in [-0.25, -0.2) is 4.39 Å². The second kappa shape index (κ2) is 14.2. The van der Waals surface area contributed by atoms with Crippen LogP contribution < -0.4 is 0 Å². The zero-order valence-corrected chi connectivity index (χ0v) is 24.1. The first-order valence-electron chi connectivity index (χ1n) is 15.1. The average Bonchev–Trinajstić information content (AvgIpc) is 3.02. The van der Waals surface area contributed by atoms with Crippen molar-refractivity contribution in [3.05, 3.63) is 131 Å². The van der Waals surface area contributed by atoms with E-state index in [1.807, 2.05) is 12.1 Å². The summed E-state index contributed by atoms with van der Waals surface area (Å²) in [6.45, 7) is 5.70. The van der Waals surface area contributed by atoms with Crippen molar-refractivity contribution in [1.82, 2.24) is 9.80 Å². The molecule has 0 atom stereocenters. The van der Waals surface area contributed by atoms with E-state index >= 15 is 0 Å². The summed E-state index contributed by atoms with van der Waals surface area (Å²) in [6.07, 6.45) is 6.61. The van der Waals surface area contributed by atoms with E-state index in [0.29, 0.717) is 6.54 Å². The van der Waals surface area contributed by atoms with Gasteiger partial charge in [0.15, 0.2) is 0 Å². The van der Waals surface area contributed by atoms with Crippen molar-refractivity contribution in [3.63, 3.8) is 0 Å². The molecule has 3 nitrogen and oxygen atoms in total. The highest BCUT2D eigenvalue weighted by Gasteiger charge is 2.29. The number of amides is 1. The lowest BCUT2D eigenvalue weighted by atomic mass is 9.98. The number of halogens is 1. The Morgan fingerprint density at radius 2 is 1.37 bits per heavy atom. The molecule has 5 rings (SSSR count). The van der Waals surface area contributed by atoms with Gasteiger partial charge in [-0.3, -0.25) is 9.69 Å². The maximum absolute atomic E-state index is 14.0. The van der Waals surface area contributed by atoms with E-state index in [1.165, 1.54) is 42.5 Å². The van der Waals surface area contributed by atoms with Crippen LogP contribution >= 0.6 is 0 Å². The summed E-state index contributed by atoms with van der Waals surface area (Å²) in [5, 5.41) is 0. The number of piperidine rings is 1. The van der Waals surface area contributed by atoms with Gasteiger partial charge >= 0.3 is 0 Å². The summed E-state index contributed by atoms with van der Waals surface area (Å²) >= 11 is 0. The van der Waals surface area contributed by atoms with Gasteiger partial charge in [-0.2, -0.15) is 0 Å². The Morgan fingerprint density at radius 1 is 0.756 bits per heavy atom. The Hall–Kier alpha value is -3.76. The van der Waals surface area contributed by atoms with Crippen molar-refractivity contribution in [1.29, 1.82) is 0 Å².